The highest BCUT2D eigenvalue weighted by Crippen LogP contribution is 2.25. The zero-order chi connectivity index (χ0) is 19.9. The summed E-state index contributed by atoms with van der Waals surface area (Å²) in [4.78, 5) is 18.4. The lowest BCUT2D eigenvalue weighted by Gasteiger charge is -2.09. The van der Waals surface area contributed by atoms with Crippen molar-refractivity contribution in [3.63, 3.8) is 0 Å². The summed E-state index contributed by atoms with van der Waals surface area (Å²) in [5.74, 6) is 2.08. The molecule has 3 aromatic rings. The standard InChI is InChI=1S/C19H16Cl2N4O2S/c20-17-11-22-19(21)24-18(17)23-15-5-1-3-13(9-15)7-8-28-12-14-4-2-6-16(10-14)25(26)27/h1-6,9-11H,7-8,12H2,(H,22,23,24). The third-order valence-corrected chi connectivity index (χ3v) is 5.32. The van der Waals surface area contributed by atoms with E-state index < -0.39 is 0 Å². The largest absolute Gasteiger partial charge is 0.339 e. The number of nitro benzene ring substituents is 1. The number of nitro groups is 1. The topological polar surface area (TPSA) is 81.0 Å². The molecule has 0 aliphatic heterocycles. The van der Waals surface area contributed by atoms with E-state index >= 15 is 0 Å². The number of non-ortho nitro benzene ring substituents is 1. The van der Waals surface area contributed by atoms with Crippen LogP contribution in [0.15, 0.2) is 54.7 Å². The Morgan fingerprint density at radius 2 is 1.89 bits per heavy atom. The lowest BCUT2D eigenvalue weighted by atomic mass is 10.1. The Bertz CT molecular complexity index is 988. The molecule has 0 saturated heterocycles. The molecule has 0 radical (unpaired) electrons. The molecular formula is C19H16Cl2N4O2S. The van der Waals surface area contributed by atoms with E-state index in [0.717, 1.165) is 34.7 Å². The highest BCUT2D eigenvalue weighted by atomic mass is 35.5. The summed E-state index contributed by atoms with van der Waals surface area (Å²) in [7, 11) is 0. The number of aryl methyl sites for hydroxylation is 1. The average molecular weight is 435 g/mol. The fraction of sp³-hybridized carbons (Fsp3) is 0.158. The van der Waals surface area contributed by atoms with E-state index in [4.69, 9.17) is 23.2 Å². The number of nitrogens with zero attached hydrogens (tertiary/aromatic N) is 3. The number of benzene rings is 2. The van der Waals surface area contributed by atoms with Crippen LogP contribution in [0.3, 0.4) is 0 Å². The van der Waals surface area contributed by atoms with Gasteiger partial charge in [0, 0.05) is 23.6 Å². The Labute approximate surface area is 176 Å². The van der Waals surface area contributed by atoms with Crippen molar-refractivity contribution in [1.29, 1.82) is 0 Å². The molecule has 0 bridgehead atoms. The maximum absolute atomic E-state index is 10.8. The maximum Gasteiger partial charge on any atom is 0.269 e. The lowest BCUT2D eigenvalue weighted by Crippen LogP contribution is -1.97. The van der Waals surface area contributed by atoms with E-state index in [1.807, 2.05) is 30.3 Å². The van der Waals surface area contributed by atoms with Gasteiger partial charge in [-0.2, -0.15) is 16.7 Å². The SMILES string of the molecule is O=[N+]([O-])c1cccc(CSCCc2cccc(Nc3nc(Cl)ncc3Cl)c2)c1. The molecule has 0 fully saturated rings. The van der Waals surface area contributed by atoms with Gasteiger partial charge in [-0.25, -0.2) is 4.98 Å². The van der Waals surface area contributed by atoms with Crippen molar-refractivity contribution in [2.75, 3.05) is 11.1 Å². The molecule has 144 valence electrons. The van der Waals surface area contributed by atoms with Crippen LogP contribution in [-0.4, -0.2) is 20.6 Å². The highest BCUT2D eigenvalue weighted by Gasteiger charge is 2.07. The quantitative estimate of drug-likeness (QED) is 0.205. The Balaban J connectivity index is 1.54. The van der Waals surface area contributed by atoms with Crippen LogP contribution < -0.4 is 5.32 Å². The molecule has 6 nitrogen and oxygen atoms in total. The molecule has 0 unspecified atom stereocenters. The van der Waals surface area contributed by atoms with Gasteiger partial charge in [0.2, 0.25) is 5.28 Å². The van der Waals surface area contributed by atoms with Gasteiger partial charge in [0.1, 0.15) is 5.02 Å². The highest BCUT2D eigenvalue weighted by molar-refractivity contribution is 7.98. The number of thioether (sulfide) groups is 1. The number of halogens is 2. The monoisotopic (exact) mass is 434 g/mol. The summed E-state index contributed by atoms with van der Waals surface area (Å²) < 4.78 is 0. The second kappa shape index (κ2) is 9.73. The van der Waals surface area contributed by atoms with E-state index in [0.29, 0.717) is 10.8 Å². The van der Waals surface area contributed by atoms with E-state index in [1.54, 1.807) is 23.9 Å². The molecule has 28 heavy (non-hydrogen) atoms. The van der Waals surface area contributed by atoms with Gasteiger partial charge in [-0.05, 0) is 47.0 Å². The number of hydrogen-bond donors (Lipinski definition) is 1. The lowest BCUT2D eigenvalue weighted by molar-refractivity contribution is -0.384. The summed E-state index contributed by atoms with van der Waals surface area (Å²) in [5.41, 5.74) is 3.09. The van der Waals surface area contributed by atoms with Crippen molar-refractivity contribution in [2.45, 2.75) is 12.2 Å². The van der Waals surface area contributed by atoms with Gasteiger partial charge in [-0.15, -0.1) is 0 Å². The minimum atomic E-state index is -0.371. The molecule has 0 atom stereocenters. The number of anilines is 2. The molecule has 0 amide bonds. The number of rotatable bonds is 8. The molecule has 3 rings (SSSR count). The van der Waals surface area contributed by atoms with Crippen molar-refractivity contribution in [3.05, 3.63) is 86.3 Å². The van der Waals surface area contributed by atoms with Gasteiger partial charge in [0.25, 0.3) is 5.69 Å². The minimum absolute atomic E-state index is 0.125. The van der Waals surface area contributed by atoms with Gasteiger partial charge in [0.05, 0.1) is 11.1 Å². The maximum atomic E-state index is 10.8. The normalized spacial score (nSPS) is 10.6. The molecule has 0 spiro atoms. The van der Waals surface area contributed by atoms with Gasteiger partial charge in [0.15, 0.2) is 5.82 Å². The first-order chi connectivity index (χ1) is 13.5. The van der Waals surface area contributed by atoms with E-state index in [1.165, 1.54) is 12.3 Å². The van der Waals surface area contributed by atoms with Crippen LogP contribution in [0, 0.1) is 10.1 Å². The molecular weight excluding hydrogens is 419 g/mol. The summed E-state index contributed by atoms with van der Waals surface area (Å²) in [6.45, 7) is 0. The van der Waals surface area contributed by atoms with Crippen LogP contribution in [-0.2, 0) is 12.2 Å². The summed E-state index contributed by atoms with van der Waals surface area (Å²) >= 11 is 13.6. The van der Waals surface area contributed by atoms with E-state index in [2.05, 4.69) is 15.3 Å². The fourth-order valence-electron chi connectivity index (χ4n) is 2.51. The fourth-order valence-corrected chi connectivity index (χ4v) is 3.73. The van der Waals surface area contributed by atoms with Gasteiger partial charge < -0.3 is 5.32 Å². The minimum Gasteiger partial charge on any atom is -0.339 e. The van der Waals surface area contributed by atoms with Crippen LogP contribution in [0.25, 0.3) is 0 Å². The van der Waals surface area contributed by atoms with Crippen molar-refractivity contribution in [2.24, 2.45) is 0 Å². The molecule has 0 aliphatic rings. The molecule has 1 aromatic heterocycles. The Kier molecular flexibility index (Phi) is 7.08. The second-order valence-corrected chi connectivity index (χ2v) is 7.74. The van der Waals surface area contributed by atoms with Crippen molar-refractivity contribution in [3.8, 4) is 0 Å². The van der Waals surface area contributed by atoms with Crippen LogP contribution in [0.5, 0.6) is 0 Å². The summed E-state index contributed by atoms with van der Waals surface area (Å²) in [6, 6.07) is 14.7. The Hall–Kier alpha value is -2.35. The van der Waals surface area contributed by atoms with Crippen LogP contribution >= 0.6 is 35.0 Å². The number of aromatic nitrogens is 2. The third-order valence-electron chi connectivity index (χ3n) is 3.83. The van der Waals surface area contributed by atoms with Crippen LogP contribution in [0.2, 0.25) is 10.3 Å². The number of hydrogen-bond acceptors (Lipinski definition) is 6. The average Bonchev–Trinajstić information content (AvgIpc) is 2.69. The first-order valence-electron chi connectivity index (χ1n) is 8.36. The van der Waals surface area contributed by atoms with Gasteiger partial charge >= 0.3 is 0 Å². The van der Waals surface area contributed by atoms with Crippen LogP contribution in [0.4, 0.5) is 17.2 Å². The zero-order valence-electron chi connectivity index (χ0n) is 14.6. The Morgan fingerprint density at radius 3 is 2.71 bits per heavy atom. The molecule has 1 heterocycles. The van der Waals surface area contributed by atoms with Crippen molar-refractivity contribution in [1.82, 2.24) is 9.97 Å². The Morgan fingerprint density at radius 1 is 1.11 bits per heavy atom. The molecule has 9 heteroatoms. The zero-order valence-corrected chi connectivity index (χ0v) is 17.0. The van der Waals surface area contributed by atoms with Gasteiger partial charge in [-0.1, -0.05) is 35.9 Å². The molecule has 2 aromatic carbocycles. The molecule has 0 saturated carbocycles. The summed E-state index contributed by atoms with van der Waals surface area (Å²) in [5, 5.41) is 14.5. The number of nitrogens with one attached hydrogen (secondary N) is 1. The second-order valence-electron chi connectivity index (χ2n) is 5.89. The first kappa shape index (κ1) is 20.4. The molecule has 0 aliphatic carbocycles. The summed E-state index contributed by atoms with van der Waals surface area (Å²) in [6.07, 6.45) is 2.32. The van der Waals surface area contributed by atoms with E-state index in [-0.39, 0.29) is 15.9 Å². The van der Waals surface area contributed by atoms with Crippen LogP contribution in [0.1, 0.15) is 11.1 Å². The smallest absolute Gasteiger partial charge is 0.269 e. The predicted molar refractivity (Wildman–Crippen MR) is 115 cm³/mol. The predicted octanol–water partition coefficient (Wildman–Crippen LogP) is 5.91. The van der Waals surface area contributed by atoms with E-state index in [9.17, 15) is 10.1 Å². The molecule has 1 N–H and O–H groups in total. The third kappa shape index (κ3) is 5.82. The van der Waals surface area contributed by atoms with Crippen molar-refractivity contribution < 1.29 is 4.92 Å². The van der Waals surface area contributed by atoms with Gasteiger partial charge in [-0.3, -0.25) is 10.1 Å². The van der Waals surface area contributed by atoms with Crippen molar-refractivity contribution >= 4 is 52.2 Å². The first-order valence-corrected chi connectivity index (χ1v) is 10.3.